The maximum absolute atomic E-state index is 13.5. The smallest absolute Gasteiger partial charge is 0.258 e. The number of ether oxygens (including phenoxy) is 2. The van der Waals surface area contributed by atoms with Crippen LogP contribution < -0.4 is 15.2 Å². The number of fused-ring (bicyclic) bond motifs is 1. The van der Waals surface area contributed by atoms with Crippen molar-refractivity contribution in [3.63, 3.8) is 0 Å². The lowest BCUT2D eigenvalue weighted by Gasteiger charge is -2.26. The van der Waals surface area contributed by atoms with Crippen LogP contribution >= 0.6 is 0 Å². The van der Waals surface area contributed by atoms with Crippen LogP contribution in [0.1, 0.15) is 40.5 Å². The molecule has 3 N–H and O–H groups in total. The van der Waals surface area contributed by atoms with E-state index in [2.05, 4.69) is 10.6 Å². The third kappa shape index (κ3) is 3.16. The predicted octanol–water partition coefficient (Wildman–Crippen LogP) is 3.46. The van der Waals surface area contributed by atoms with Crippen molar-refractivity contribution in [2.45, 2.75) is 18.9 Å². The third-order valence-corrected chi connectivity index (χ3v) is 5.88. The van der Waals surface area contributed by atoms with Gasteiger partial charge in [-0.25, -0.2) is 0 Å². The van der Waals surface area contributed by atoms with Crippen molar-refractivity contribution in [1.29, 1.82) is 5.41 Å². The molecule has 7 heteroatoms. The number of benzene rings is 2. The van der Waals surface area contributed by atoms with Crippen molar-refractivity contribution < 1.29 is 14.3 Å². The Morgan fingerprint density at radius 2 is 1.97 bits per heavy atom. The molecule has 156 valence electrons. The zero-order valence-corrected chi connectivity index (χ0v) is 17.4. The van der Waals surface area contributed by atoms with Gasteiger partial charge in [0.05, 0.1) is 25.8 Å². The summed E-state index contributed by atoms with van der Waals surface area (Å²) in [6, 6.07) is 13.2. The fourth-order valence-electron chi connectivity index (χ4n) is 4.37. The van der Waals surface area contributed by atoms with Crippen molar-refractivity contribution in [1.82, 2.24) is 9.47 Å². The van der Waals surface area contributed by atoms with Gasteiger partial charge >= 0.3 is 0 Å². The molecule has 1 saturated heterocycles. The quantitative estimate of drug-likeness (QED) is 0.501. The summed E-state index contributed by atoms with van der Waals surface area (Å²) in [5, 5.41) is 8.77. The molecule has 0 bridgehead atoms. The van der Waals surface area contributed by atoms with Gasteiger partial charge in [-0.15, -0.1) is 0 Å². The lowest BCUT2D eigenvalue weighted by atomic mass is 10.1. The van der Waals surface area contributed by atoms with Gasteiger partial charge in [0.1, 0.15) is 5.84 Å². The zero-order chi connectivity index (χ0) is 21.4. The molecule has 0 unspecified atom stereocenters. The lowest BCUT2D eigenvalue weighted by Crippen LogP contribution is -2.31. The Labute approximate surface area is 175 Å². The van der Waals surface area contributed by atoms with Gasteiger partial charge < -0.3 is 24.7 Å². The third-order valence-electron chi connectivity index (χ3n) is 5.88. The van der Waals surface area contributed by atoms with Crippen molar-refractivity contribution in [2.75, 3.05) is 20.8 Å². The van der Waals surface area contributed by atoms with Crippen LogP contribution in [-0.2, 0) is 7.05 Å². The van der Waals surface area contributed by atoms with Crippen molar-refractivity contribution in [3.05, 3.63) is 59.3 Å². The molecule has 1 amide bonds. The number of carbonyl (C=O) groups is 1. The molecule has 3 aromatic rings. The molecule has 2 aromatic carbocycles. The Hall–Kier alpha value is -3.48. The SMILES string of the molecule is COc1cccc(C(=O)N2CCC[C@H]2c2cc3ccc(C(=N)N)cc3n2C)c1OC. The second-order valence-corrected chi connectivity index (χ2v) is 7.51. The first-order valence-electron chi connectivity index (χ1n) is 9.92. The number of likely N-dealkylation sites (tertiary alicyclic amines) is 1. The highest BCUT2D eigenvalue weighted by Gasteiger charge is 2.34. The minimum atomic E-state index is -0.0667. The summed E-state index contributed by atoms with van der Waals surface area (Å²) in [6.07, 6.45) is 1.82. The molecule has 0 aliphatic carbocycles. The number of amides is 1. The van der Waals surface area contributed by atoms with E-state index in [0.717, 1.165) is 29.4 Å². The molecule has 1 aliphatic rings. The number of nitrogen functional groups attached to an aromatic ring is 1. The molecular formula is C23H26N4O3. The fourth-order valence-corrected chi connectivity index (χ4v) is 4.37. The topological polar surface area (TPSA) is 93.6 Å². The monoisotopic (exact) mass is 406 g/mol. The Morgan fingerprint density at radius 3 is 2.67 bits per heavy atom. The van der Waals surface area contributed by atoms with Crippen LogP contribution in [0.4, 0.5) is 0 Å². The first-order valence-corrected chi connectivity index (χ1v) is 9.92. The second kappa shape index (κ2) is 7.74. The first kappa shape index (κ1) is 19.8. The summed E-state index contributed by atoms with van der Waals surface area (Å²) in [5.41, 5.74) is 8.92. The number of amidine groups is 1. The van der Waals surface area contributed by atoms with Gasteiger partial charge in [0, 0.05) is 30.4 Å². The molecule has 0 saturated carbocycles. The van der Waals surface area contributed by atoms with Crippen LogP contribution in [0.5, 0.6) is 11.5 Å². The predicted molar refractivity (Wildman–Crippen MR) is 116 cm³/mol. The number of nitrogens with one attached hydrogen (secondary N) is 1. The number of aromatic nitrogens is 1. The van der Waals surface area contributed by atoms with Crippen molar-refractivity contribution in [3.8, 4) is 11.5 Å². The summed E-state index contributed by atoms with van der Waals surface area (Å²) in [4.78, 5) is 15.4. The average Bonchev–Trinajstić information content (AvgIpc) is 3.36. The second-order valence-electron chi connectivity index (χ2n) is 7.51. The summed E-state index contributed by atoms with van der Waals surface area (Å²) in [7, 11) is 5.11. The van der Waals surface area contributed by atoms with Gasteiger partial charge in [-0.1, -0.05) is 18.2 Å². The van der Waals surface area contributed by atoms with Crippen molar-refractivity contribution >= 4 is 22.6 Å². The highest BCUT2D eigenvalue weighted by Crippen LogP contribution is 2.38. The Balaban J connectivity index is 1.73. The van der Waals surface area contributed by atoms with E-state index in [0.29, 0.717) is 29.2 Å². The normalized spacial score (nSPS) is 16.1. The number of nitrogens with two attached hydrogens (primary N) is 1. The lowest BCUT2D eigenvalue weighted by molar-refractivity contribution is 0.0727. The number of rotatable bonds is 5. The molecular weight excluding hydrogens is 380 g/mol. The maximum atomic E-state index is 13.5. The van der Waals surface area contributed by atoms with E-state index in [1.165, 1.54) is 0 Å². The van der Waals surface area contributed by atoms with Crippen LogP contribution in [0, 0.1) is 5.41 Å². The van der Waals surface area contributed by atoms with Gasteiger partial charge in [0.15, 0.2) is 11.5 Å². The van der Waals surface area contributed by atoms with E-state index in [1.54, 1.807) is 32.4 Å². The molecule has 1 fully saturated rings. The van der Waals surface area contributed by atoms with Gasteiger partial charge in [0.2, 0.25) is 0 Å². The van der Waals surface area contributed by atoms with Gasteiger partial charge in [0.25, 0.3) is 5.91 Å². The molecule has 2 heterocycles. The Bertz CT molecular complexity index is 1130. The van der Waals surface area contributed by atoms with E-state index in [1.807, 2.05) is 30.1 Å². The van der Waals surface area contributed by atoms with Gasteiger partial charge in [-0.05, 0) is 42.5 Å². The minimum Gasteiger partial charge on any atom is -0.493 e. The van der Waals surface area contributed by atoms with Crippen LogP contribution in [-0.4, -0.2) is 42.0 Å². The van der Waals surface area contributed by atoms with Crippen molar-refractivity contribution in [2.24, 2.45) is 12.8 Å². The summed E-state index contributed by atoms with van der Waals surface area (Å²) in [6.45, 7) is 0.685. The summed E-state index contributed by atoms with van der Waals surface area (Å²) < 4.78 is 12.9. The van der Waals surface area contributed by atoms with E-state index >= 15 is 0 Å². The zero-order valence-electron chi connectivity index (χ0n) is 17.4. The van der Waals surface area contributed by atoms with Gasteiger partial charge in [-0.3, -0.25) is 10.2 Å². The first-order chi connectivity index (χ1) is 14.5. The number of hydrogen-bond acceptors (Lipinski definition) is 4. The summed E-state index contributed by atoms with van der Waals surface area (Å²) in [5.74, 6) is 0.977. The number of hydrogen-bond donors (Lipinski definition) is 2. The number of methoxy groups -OCH3 is 2. The molecule has 1 aliphatic heterocycles. The summed E-state index contributed by atoms with van der Waals surface area (Å²) >= 11 is 0. The molecule has 7 nitrogen and oxygen atoms in total. The number of aryl methyl sites for hydroxylation is 1. The Morgan fingerprint density at radius 1 is 1.17 bits per heavy atom. The standard InChI is InChI=1S/C23H26N4O3/c1-26-18-13-15(22(24)25)10-9-14(18)12-19(26)17-7-5-11-27(17)23(28)16-6-4-8-20(29-2)21(16)30-3/h4,6,8-10,12-13,17H,5,7,11H2,1-3H3,(H3,24,25)/t17-/m0/s1. The average molecular weight is 406 g/mol. The highest BCUT2D eigenvalue weighted by molar-refractivity contribution is 5.99. The van der Waals surface area contributed by atoms with E-state index < -0.39 is 0 Å². The van der Waals surface area contributed by atoms with Crippen LogP contribution in [0.15, 0.2) is 42.5 Å². The van der Waals surface area contributed by atoms with Gasteiger partial charge in [-0.2, -0.15) is 0 Å². The molecule has 1 atom stereocenters. The number of nitrogens with zero attached hydrogens (tertiary/aromatic N) is 2. The van der Waals surface area contributed by atoms with Crippen LogP contribution in [0.2, 0.25) is 0 Å². The maximum Gasteiger partial charge on any atom is 0.258 e. The van der Waals surface area contributed by atoms with Crippen LogP contribution in [0.3, 0.4) is 0 Å². The highest BCUT2D eigenvalue weighted by atomic mass is 16.5. The molecule has 0 radical (unpaired) electrons. The van der Waals surface area contributed by atoms with E-state index in [4.69, 9.17) is 20.6 Å². The number of carbonyl (C=O) groups excluding carboxylic acids is 1. The minimum absolute atomic E-state index is 0.0356. The molecule has 0 spiro atoms. The van der Waals surface area contributed by atoms with E-state index in [9.17, 15) is 4.79 Å². The fraction of sp³-hybridized carbons (Fsp3) is 0.304. The number of para-hydroxylation sites is 1. The molecule has 4 rings (SSSR count). The Kier molecular flexibility index (Phi) is 5.11. The molecule has 1 aromatic heterocycles. The molecule has 30 heavy (non-hydrogen) atoms. The van der Waals surface area contributed by atoms with E-state index in [-0.39, 0.29) is 17.8 Å². The van der Waals surface area contributed by atoms with Crippen LogP contribution in [0.25, 0.3) is 10.9 Å². The largest absolute Gasteiger partial charge is 0.493 e.